The number of benzene rings is 6. The molecule has 0 amide bonds. The lowest BCUT2D eigenvalue weighted by Gasteiger charge is -2.25. The van der Waals surface area contributed by atoms with Crippen LogP contribution in [0.25, 0.3) is 0 Å². The van der Waals surface area contributed by atoms with Crippen LogP contribution in [-0.4, -0.2) is 135 Å². The van der Waals surface area contributed by atoms with E-state index >= 15 is 0 Å². The minimum atomic E-state index is -0.736. The van der Waals surface area contributed by atoms with Gasteiger partial charge in [0.15, 0.2) is 6.29 Å². The maximum Gasteiger partial charge on any atom is 0.186 e. The summed E-state index contributed by atoms with van der Waals surface area (Å²) >= 11 is 3.26. The number of aliphatic hydroxyl groups excluding tert-OH is 3. The predicted octanol–water partition coefficient (Wildman–Crippen LogP) is 9.08. The normalized spacial score (nSPS) is 23.6. The fraction of sp³-hybridized carbons (Fsp3) is 0.410. The molecule has 3 N–H and O–H groups in total. The number of thioether (sulfide) groups is 2. The minimum absolute atomic E-state index is 0.0232. The molecule has 3 aliphatic heterocycles. The van der Waals surface area contributed by atoms with Crippen molar-refractivity contribution < 1.29 is 67.4 Å². The Hall–Kier alpha value is -5.02. The zero-order valence-corrected chi connectivity index (χ0v) is 45.9. The van der Waals surface area contributed by atoms with Crippen LogP contribution in [0.4, 0.5) is 0 Å². The van der Waals surface area contributed by atoms with Gasteiger partial charge in [-0.2, -0.15) is 23.5 Å². The standard InChI is InChI=1S/C29H34O6S.C27H30O5.C5H10O3S/c1-30-24-10-4-21(5-11-24)16-33-19-28-29(35-18-23-8-14-26(32-3)15-9-23)27(20-36-28)34-17-22-6-12-25(31-2)13-7-22;1-28-27-26(31-19-23-15-9-4-10-16-23)25(30-18-22-13-7-3-8-14-22)24(32-27)20-29-17-21-11-5-2-6-12-21;6-1-4-5(8)3(7)2-9-4/h4-15,27-29H,16-20H2,1-3H3;2-16,24-27H,17-20H2,1H3;3-8H,1-2H2/t27-,28+,29-;24-,25-,26-,27?;3-,4+,5-/m010/s1. The van der Waals surface area contributed by atoms with Crippen molar-refractivity contribution in [3.8, 4) is 17.2 Å². The van der Waals surface area contributed by atoms with Gasteiger partial charge in [0.25, 0.3) is 0 Å². The summed E-state index contributed by atoms with van der Waals surface area (Å²) in [5.74, 6) is 3.91. The first-order valence-electron chi connectivity index (χ1n) is 25.8. The highest BCUT2D eigenvalue weighted by Crippen LogP contribution is 2.34. The van der Waals surface area contributed by atoms with E-state index in [1.165, 1.54) is 11.8 Å². The fourth-order valence-electron chi connectivity index (χ4n) is 8.62. The van der Waals surface area contributed by atoms with Gasteiger partial charge in [-0.25, -0.2) is 0 Å². The lowest BCUT2D eigenvalue weighted by atomic mass is 10.1. The molecule has 14 nitrogen and oxygen atoms in total. The average molecular weight is 1100 g/mol. The second-order valence-corrected chi connectivity index (χ2v) is 21.0. The molecule has 0 aliphatic carbocycles. The third kappa shape index (κ3) is 19.1. The van der Waals surface area contributed by atoms with Crippen LogP contribution in [0, 0.1) is 0 Å². The van der Waals surface area contributed by atoms with E-state index in [9.17, 15) is 0 Å². The Morgan fingerprint density at radius 1 is 0.442 bits per heavy atom. The molecule has 6 aromatic carbocycles. The zero-order valence-electron chi connectivity index (χ0n) is 44.3. The van der Waals surface area contributed by atoms with E-state index in [4.69, 9.17) is 67.4 Å². The fourth-order valence-corrected chi connectivity index (χ4v) is 11.1. The molecule has 0 bridgehead atoms. The first kappa shape index (κ1) is 59.6. The van der Waals surface area contributed by atoms with E-state index in [2.05, 4.69) is 0 Å². The van der Waals surface area contributed by atoms with Crippen molar-refractivity contribution in [2.24, 2.45) is 0 Å². The second kappa shape index (κ2) is 32.8. The van der Waals surface area contributed by atoms with Gasteiger partial charge in [-0.15, -0.1) is 0 Å². The number of hydrogen-bond donors (Lipinski definition) is 3. The van der Waals surface area contributed by atoms with Crippen molar-refractivity contribution in [2.45, 2.75) is 99.2 Å². The number of ether oxygens (including phenoxy) is 11. The van der Waals surface area contributed by atoms with Gasteiger partial charge in [-0.3, -0.25) is 0 Å². The smallest absolute Gasteiger partial charge is 0.186 e. The van der Waals surface area contributed by atoms with Crippen LogP contribution < -0.4 is 14.2 Å². The van der Waals surface area contributed by atoms with Crippen molar-refractivity contribution in [2.75, 3.05) is 59.8 Å². The van der Waals surface area contributed by atoms with E-state index < -0.39 is 18.5 Å². The summed E-state index contributed by atoms with van der Waals surface area (Å²) in [5, 5.41) is 26.5. The summed E-state index contributed by atoms with van der Waals surface area (Å²) < 4.78 is 65.0. The third-order valence-electron chi connectivity index (χ3n) is 13.0. The molecule has 0 radical (unpaired) electrons. The van der Waals surface area contributed by atoms with Gasteiger partial charge in [-0.1, -0.05) is 127 Å². The van der Waals surface area contributed by atoms with Crippen LogP contribution in [0.3, 0.4) is 0 Å². The molecule has 3 aliphatic rings. The highest BCUT2D eigenvalue weighted by molar-refractivity contribution is 8.00. The van der Waals surface area contributed by atoms with Gasteiger partial charge < -0.3 is 67.4 Å². The zero-order chi connectivity index (χ0) is 54.0. The molecule has 9 rings (SSSR count). The molecule has 414 valence electrons. The van der Waals surface area contributed by atoms with Gasteiger partial charge >= 0.3 is 0 Å². The summed E-state index contributed by atoms with van der Waals surface area (Å²) in [5.41, 5.74) is 6.62. The molecule has 1 unspecified atom stereocenters. The Morgan fingerprint density at radius 3 is 1.27 bits per heavy atom. The van der Waals surface area contributed by atoms with Crippen molar-refractivity contribution in [3.63, 3.8) is 0 Å². The monoisotopic (exact) mass is 1090 g/mol. The molecule has 77 heavy (non-hydrogen) atoms. The Bertz CT molecular complexity index is 2500. The van der Waals surface area contributed by atoms with Crippen LogP contribution >= 0.6 is 23.5 Å². The van der Waals surface area contributed by atoms with Crippen LogP contribution in [0.15, 0.2) is 164 Å². The number of hydrogen-bond acceptors (Lipinski definition) is 16. The van der Waals surface area contributed by atoms with E-state index in [0.717, 1.165) is 56.4 Å². The first-order chi connectivity index (χ1) is 37.8. The first-order valence-corrected chi connectivity index (χ1v) is 27.9. The third-order valence-corrected chi connectivity index (χ3v) is 15.8. The lowest BCUT2D eigenvalue weighted by Crippen LogP contribution is -2.39. The SMILES string of the molecule is COC1O[C@H](COCc2ccccc2)[C@@H](OCc2ccccc2)[C@H]1OCc1ccccc1.COc1ccc(COC[C@H]2SC[C@H](OCc3ccc(OC)cc3)[C@@H]2OCc2ccc(OC)cc2)cc1.OC[C@H]1SC[C@H](O)[C@@H]1O. The molecule has 6 aromatic rings. The number of rotatable bonds is 25. The molecular weight excluding hydrogens is 1020 g/mol. The lowest BCUT2D eigenvalue weighted by molar-refractivity contribution is -0.170. The maximum absolute atomic E-state index is 9.03. The topological polar surface area (TPSA) is 162 Å². The summed E-state index contributed by atoms with van der Waals surface area (Å²) in [6.07, 6.45) is -2.99. The molecule has 10 atom stereocenters. The Balaban J connectivity index is 0.000000193. The highest BCUT2D eigenvalue weighted by atomic mass is 32.2. The number of methoxy groups -OCH3 is 4. The van der Waals surface area contributed by atoms with Gasteiger partial charge in [-0.05, 0) is 69.8 Å². The molecule has 0 aromatic heterocycles. The molecule has 3 saturated heterocycles. The highest BCUT2D eigenvalue weighted by Gasteiger charge is 2.47. The van der Waals surface area contributed by atoms with Crippen molar-refractivity contribution in [1.82, 2.24) is 0 Å². The summed E-state index contributed by atoms with van der Waals surface area (Å²) in [6, 6.07) is 54.2. The predicted molar refractivity (Wildman–Crippen MR) is 299 cm³/mol. The molecule has 0 saturated carbocycles. The quantitative estimate of drug-likeness (QED) is 0.0497. The molecular formula is C61H74O14S2. The van der Waals surface area contributed by atoms with Crippen molar-refractivity contribution in [3.05, 3.63) is 197 Å². The van der Waals surface area contributed by atoms with Crippen LogP contribution in [0.2, 0.25) is 0 Å². The van der Waals surface area contributed by atoms with E-state index in [0.29, 0.717) is 58.6 Å². The van der Waals surface area contributed by atoms with Crippen molar-refractivity contribution >= 4 is 23.5 Å². The molecule has 3 heterocycles. The van der Waals surface area contributed by atoms with Gasteiger partial charge in [0.1, 0.15) is 35.6 Å². The summed E-state index contributed by atoms with van der Waals surface area (Å²) in [4.78, 5) is 0. The van der Waals surface area contributed by atoms with Gasteiger partial charge in [0.2, 0.25) is 0 Å². The van der Waals surface area contributed by atoms with Gasteiger partial charge in [0.05, 0.1) is 116 Å². The average Bonchev–Trinajstić information content (AvgIpc) is 4.16. The van der Waals surface area contributed by atoms with E-state index in [1.54, 1.807) is 28.4 Å². The Morgan fingerprint density at radius 2 is 0.844 bits per heavy atom. The number of aliphatic hydroxyl groups is 3. The van der Waals surface area contributed by atoms with E-state index in [1.807, 2.05) is 176 Å². The molecule has 3 fully saturated rings. The largest absolute Gasteiger partial charge is 0.497 e. The van der Waals surface area contributed by atoms with Crippen LogP contribution in [-0.2, 0) is 77.5 Å². The van der Waals surface area contributed by atoms with Gasteiger partial charge in [0, 0.05) is 18.6 Å². The van der Waals surface area contributed by atoms with Crippen LogP contribution in [0.5, 0.6) is 17.2 Å². The minimum Gasteiger partial charge on any atom is -0.497 e. The molecule has 0 spiro atoms. The summed E-state index contributed by atoms with van der Waals surface area (Å²) in [7, 11) is 6.64. The Kier molecular flexibility index (Phi) is 25.4. The second-order valence-electron chi connectivity index (χ2n) is 18.5. The van der Waals surface area contributed by atoms with E-state index in [-0.39, 0.29) is 47.6 Å². The molecule has 16 heteroatoms. The maximum atomic E-state index is 9.03. The summed E-state index contributed by atoms with van der Waals surface area (Å²) in [6.45, 7) is 3.93. The Labute approximate surface area is 462 Å². The van der Waals surface area contributed by atoms with Crippen molar-refractivity contribution in [1.29, 1.82) is 0 Å². The van der Waals surface area contributed by atoms with Crippen LogP contribution in [0.1, 0.15) is 33.4 Å².